The highest BCUT2D eigenvalue weighted by Gasteiger charge is 2.07. The average Bonchev–Trinajstić information content (AvgIpc) is 2.05. The van der Waals surface area contributed by atoms with E-state index < -0.39 is 0 Å². The van der Waals surface area contributed by atoms with Gasteiger partial charge in [0.25, 0.3) is 0 Å². The molecule has 0 aliphatic carbocycles. The van der Waals surface area contributed by atoms with Crippen LogP contribution in [0.2, 0.25) is 0 Å². The molecule has 1 unspecified atom stereocenters. The number of hydrogen-bond donors (Lipinski definition) is 0. The zero-order valence-electron chi connectivity index (χ0n) is 6.67. The van der Waals surface area contributed by atoms with Crippen molar-refractivity contribution in [2.75, 3.05) is 6.54 Å². The lowest BCUT2D eigenvalue weighted by atomic mass is 10.1. The Morgan fingerprint density at radius 3 is 3.00 bits per heavy atom. The maximum absolute atomic E-state index is 4.32. The van der Waals surface area contributed by atoms with E-state index in [0.29, 0.717) is 5.92 Å². The molecule has 0 amide bonds. The zero-order chi connectivity index (χ0) is 7.40. The molecule has 0 saturated heterocycles. The summed E-state index contributed by atoms with van der Waals surface area (Å²) in [5, 5.41) is 0. The third-order valence-electron chi connectivity index (χ3n) is 1.81. The number of aliphatic imine (C=N–C) groups is 2. The molecular formula is C8H14N2. The van der Waals surface area contributed by atoms with E-state index in [1.54, 1.807) is 0 Å². The van der Waals surface area contributed by atoms with Crippen molar-refractivity contribution in [3.05, 3.63) is 0 Å². The summed E-state index contributed by atoms with van der Waals surface area (Å²) in [5.74, 6) is 1.57. The minimum Gasteiger partial charge on any atom is -0.270 e. The summed E-state index contributed by atoms with van der Waals surface area (Å²) in [6.07, 6.45) is 4.12. The van der Waals surface area contributed by atoms with Crippen LogP contribution in [0.4, 0.5) is 0 Å². The Labute approximate surface area is 62.1 Å². The van der Waals surface area contributed by atoms with Gasteiger partial charge in [0.1, 0.15) is 5.84 Å². The van der Waals surface area contributed by atoms with Gasteiger partial charge in [-0.05, 0) is 6.42 Å². The van der Waals surface area contributed by atoms with E-state index in [4.69, 9.17) is 0 Å². The Hall–Kier alpha value is -0.660. The lowest BCUT2D eigenvalue weighted by Crippen LogP contribution is -2.11. The van der Waals surface area contributed by atoms with Gasteiger partial charge in [-0.2, -0.15) is 0 Å². The molecule has 0 aromatic rings. The van der Waals surface area contributed by atoms with Crippen molar-refractivity contribution >= 4 is 12.1 Å². The van der Waals surface area contributed by atoms with E-state index in [9.17, 15) is 0 Å². The fourth-order valence-corrected chi connectivity index (χ4v) is 0.901. The summed E-state index contributed by atoms with van der Waals surface area (Å²) in [5.41, 5.74) is 0. The number of hydrogen-bond acceptors (Lipinski definition) is 2. The van der Waals surface area contributed by atoms with Crippen molar-refractivity contribution in [3.8, 4) is 0 Å². The molecule has 2 heteroatoms. The molecule has 0 radical (unpaired) electrons. The van der Waals surface area contributed by atoms with E-state index in [2.05, 4.69) is 23.8 Å². The van der Waals surface area contributed by atoms with Crippen LogP contribution in [0.5, 0.6) is 0 Å². The van der Waals surface area contributed by atoms with Crippen LogP contribution in [-0.4, -0.2) is 18.6 Å². The van der Waals surface area contributed by atoms with Gasteiger partial charge in [0.15, 0.2) is 0 Å². The van der Waals surface area contributed by atoms with Crippen LogP contribution < -0.4 is 0 Å². The highest BCUT2D eigenvalue weighted by molar-refractivity contribution is 5.92. The maximum Gasteiger partial charge on any atom is 0.125 e. The Morgan fingerprint density at radius 1 is 1.70 bits per heavy atom. The second-order valence-corrected chi connectivity index (χ2v) is 2.65. The summed E-state index contributed by atoms with van der Waals surface area (Å²) < 4.78 is 0. The quantitative estimate of drug-likeness (QED) is 0.557. The number of amidine groups is 1. The van der Waals surface area contributed by atoms with Crippen molar-refractivity contribution in [2.45, 2.75) is 26.7 Å². The Kier molecular flexibility index (Phi) is 2.60. The average molecular weight is 138 g/mol. The van der Waals surface area contributed by atoms with Crippen molar-refractivity contribution < 1.29 is 0 Å². The van der Waals surface area contributed by atoms with Gasteiger partial charge >= 0.3 is 0 Å². The van der Waals surface area contributed by atoms with Crippen LogP contribution in [0.1, 0.15) is 26.7 Å². The van der Waals surface area contributed by atoms with E-state index in [1.807, 2.05) is 6.21 Å². The van der Waals surface area contributed by atoms with Crippen LogP contribution in [0.15, 0.2) is 9.98 Å². The van der Waals surface area contributed by atoms with E-state index in [0.717, 1.165) is 25.2 Å². The normalized spacial score (nSPS) is 20.4. The SMILES string of the molecule is CCC(C)C1=NCCC=N1. The first-order valence-corrected chi connectivity index (χ1v) is 3.91. The molecule has 0 aromatic heterocycles. The molecule has 0 bridgehead atoms. The van der Waals surface area contributed by atoms with Crippen LogP contribution in [0.3, 0.4) is 0 Å². The van der Waals surface area contributed by atoms with Crippen molar-refractivity contribution in [3.63, 3.8) is 0 Å². The zero-order valence-corrected chi connectivity index (χ0v) is 6.67. The molecule has 0 saturated carbocycles. The van der Waals surface area contributed by atoms with Gasteiger partial charge in [-0.25, -0.2) is 4.99 Å². The van der Waals surface area contributed by atoms with E-state index in [1.165, 1.54) is 0 Å². The lowest BCUT2D eigenvalue weighted by molar-refractivity contribution is 0.724. The van der Waals surface area contributed by atoms with E-state index in [-0.39, 0.29) is 0 Å². The smallest absolute Gasteiger partial charge is 0.125 e. The molecule has 1 aliphatic rings. The molecule has 1 atom stereocenters. The summed E-state index contributed by atoms with van der Waals surface area (Å²) in [7, 11) is 0. The van der Waals surface area contributed by atoms with Gasteiger partial charge in [-0.15, -0.1) is 0 Å². The second kappa shape index (κ2) is 3.49. The van der Waals surface area contributed by atoms with Gasteiger partial charge in [0, 0.05) is 25.1 Å². The Bertz CT molecular complexity index is 159. The van der Waals surface area contributed by atoms with Crippen molar-refractivity contribution in [1.29, 1.82) is 0 Å². The fraction of sp³-hybridized carbons (Fsp3) is 0.750. The standard InChI is InChI=1S/C8H14N2/c1-3-7(2)8-9-5-4-6-10-8/h5,7H,3-4,6H2,1-2H3. The molecule has 56 valence electrons. The Balaban J connectivity index is 2.54. The predicted octanol–water partition coefficient (Wildman–Crippen LogP) is 1.91. The highest BCUT2D eigenvalue weighted by Crippen LogP contribution is 2.07. The predicted molar refractivity (Wildman–Crippen MR) is 44.9 cm³/mol. The summed E-state index contributed by atoms with van der Waals surface area (Å²) in [6, 6.07) is 0. The van der Waals surface area contributed by atoms with E-state index >= 15 is 0 Å². The number of nitrogens with zero attached hydrogens (tertiary/aromatic N) is 2. The largest absolute Gasteiger partial charge is 0.270 e. The molecule has 2 nitrogen and oxygen atoms in total. The maximum atomic E-state index is 4.32. The third kappa shape index (κ3) is 1.66. The summed E-state index contributed by atoms with van der Waals surface area (Å²) >= 11 is 0. The van der Waals surface area contributed by atoms with Gasteiger partial charge in [0.2, 0.25) is 0 Å². The first kappa shape index (κ1) is 7.45. The molecule has 10 heavy (non-hydrogen) atoms. The minimum absolute atomic E-state index is 0.538. The third-order valence-corrected chi connectivity index (χ3v) is 1.81. The number of rotatable bonds is 2. The monoisotopic (exact) mass is 138 g/mol. The molecule has 1 heterocycles. The minimum atomic E-state index is 0.538. The summed E-state index contributed by atoms with van der Waals surface area (Å²) in [6.45, 7) is 5.27. The van der Waals surface area contributed by atoms with Crippen LogP contribution in [0.25, 0.3) is 0 Å². The fourth-order valence-electron chi connectivity index (χ4n) is 0.901. The van der Waals surface area contributed by atoms with Gasteiger partial charge < -0.3 is 0 Å². The Morgan fingerprint density at radius 2 is 2.50 bits per heavy atom. The molecule has 0 N–H and O–H groups in total. The highest BCUT2D eigenvalue weighted by atomic mass is 14.9. The molecule has 1 aliphatic heterocycles. The van der Waals surface area contributed by atoms with Crippen LogP contribution >= 0.6 is 0 Å². The van der Waals surface area contributed by atoms with Gasteiger partial charge in [-0.3, -0.25) is 4.99 Å². The van der Waals surface area contributed by atoms with Crippen LogP contribution in [-0.2, 0) is 0 Å². The summed E-state index contributed by atoms with van der Waals surface area (Å²) in [4.78, 5) is 8.54. The molecular weight excluding hydrogens is 124 g/mol. The van der Waals surface area contributed by atoms with Crippen LogP contribution in [0, 0.1) is 5.92 Å². The van der Waals surface area contributed by atoms with Gasteiger partial charge in [0.05, 0.1) is 0 Å². The molecule has 0 aromatic carbocycles. The molecule has 1 rings (SSSR count). The second-order valence-electron chi connectivity index (χ2n) is 2.65. The lowest BCUT2D eigenvalue weighted by Gasteiger charge is -2.10. The van der Waals surface area contributed by atoms with Crippen molar-refractivity contribution in [1.82, 2.24) is 0 Å². The molecule has 0 spiro atoms. The first-order chi connectivity index (χ1) is 4.84. The van der Waals surface area contributed by atoms with Gasteiger partial charge in [-0.1, -0.05) is 13.8 Å². The molecule has 0 fully saturated rings. The first-order valence-electron chi connectivity index (χ1n) is 3.91. The van der Waals surface area contributed by atoms with Crippen molar-refractivity contribution in [2.24, 2.45) is 15.9 Å². The topological polar surface area (TPSA) is 24.7 Å².